The molecule has 1 aliphatic rings. The number of fused-ring (bicyclic) bond motifs is 1. The van der Waals surface area contributed by atoms with Crippen molar-refractivity contribution in [2.45, 2.75) is 26.3 Å². The van der Waals surface area contributed by atoms with Gasteiger partial charge in [0.05, 0.1) is 30.2 Å². The highest BCUT2D eigenvalue weighted by atomic mass is 35.5. The Morgan fingerprint density at radius 2 is 2.26 bits per heavy atom. The number of nitrogens with zero attached hydrogens (tertiary/aromatic N) is 2. The summed E-state index contributed by atoms with van der Waals surface area (Å²) in [4.78, 5) is 12.2. The highest BCUT2D eigenvalue weighted by Gasteiger charge is 2.22. The molecule has 6 nitrogen and oxygen atoms in total. The van der Waals surface area contributed by atoms with E-state index in [9.17, 15) is 4.79 Å². The summed E-state index contributed by atoms with van der Waals surface area (Å²) in [6.07, 6.45) is 2.37. The van der Waals surface area contributed by atoms with E-state index in [1.165, 1.54) is 6.20 Å². The van der Waals surface area contributed by atoms with Gasteiger partial charge in [0.1, 0.15) is 5.75 Å². The molecule has 2 heterocycles. The lowest BCUT2D eigenvalue weighted by Crippen LogP contribution is -2.31. The molecule has 23 heavy (non-hydrogen) atoms. The number of ether oxygens (including phenoxy) is 1. The first-order chi connectivity index (χ1) is 11.0. The van der Waals surface area contributed by atoms with E-state index in [-0.39, 0.29) is 12.1 Å². The van der Waals surface area contributed by atoms with Crippen LogP contribution in [-0.4, -0.2) is 22.8 Å². The lowest BCUT2D eigenvalue weighted by Gasteiger charge is -2.18. The first kappa shape index (κ1) is 15.6. The Morgan fingerprint density at radius 3 is 3.04 bits per heavy atom. The summed E-state index contributed by atoms with van der Waals surface area (Å²) in [7, 11) is 0. The van der Waals surface area contributed by atoms with Crippen LogP contribution in [-0.2, 0) is 6.42 Å². The minimum Gasteiger partial charge on any atom is -0.493 e. The van der Waals surface area contributed by atoms with Gasteiger partial charge < -0.3 is 15.4 Å². The average Bonchev–Trinajstić information content (AvgIpc) is 2.96. The van der Waals surface area contributed by atoms with E-state index in [0.29, 0.717) is 23.0 Å². The number of rotatable bonds is 3. The highest BCUT2D eigenvalue weighted by Crippen LogP contribution is 2.36. The number of carbonyl (C=O) groups excluding carboxylic acids is 1. The molecule has 120 valence electrons. The third kappa shape index (κ3) is 3.37. The number of aromatic nitrogens is 2. The lowest BCUT2D eigenvalue weighted by molar-refractivity contribution is 0.249. The number of carbonyl (C=O) groups is 1. The fourth-order valence-corrected chi connectivity index (χ4v) is 2.84. The van der Waals surface area contributed by atoms with E-state index in [2.05, 4.69) is 20.8 Å². The summed E-state index contributed by atoms with van der Waals surface area (Å²) in [5.41, 5.74) is 3.24. The average molecular weight is 333 g/mol. The molecule has 0 fully saturated rings. The number of amides is 2. The first-order valence-electron chi connectivity index (χ1n) is 7.35. The van der Waals surface area contributed by atoms with Crippen molar-refractivity contribution >= 4 is 23.3 Å². The van der Waals surface area contributed by atoms with Gasteiger partial charge >= 0.3 is 6.03 Å². The maximum absolute atomic E-state index is 12.2. The van der Waals surface area contributed by atoms with Crippen molar-refractivity contribution in [3.8, 4) is 5.75 Å². The molecule has 0 saturated carbocycles. The molecular formula is C16H17ClN4O2. The molecule has 1 aromatic heterocycles. The van der Waals surface area contributed by atoms with Gasteiger partial charge in [-0.25, -0.2) is 4.79 Å². The minimum absolute atomic E-state index is 0.240. The van der Waals surface area contributed by atoms with Crippen LogP contribution in [0.5, 0.6) is 5.75 Å². The molecule has 7 heteroatoms. The largest absolute Gasteiger partial charge is 0.493 e. The van der Waals surface area contributed by atoms with E-state index >= 15 is 0 Å². The van der Waals surface area contributed by atoms with Crippen molar-refractivity contribution < 1.29 is 9.53 Å². The van der Waals surface area contributed by atoms with Crippen LogP contribution in [0.1, 0.15) is 29.8 Å². The third-order valence-electron chi connectivity index (χ3n) is 3.74. The molecule has 2 amide bonds. The molecule has 3 rings (SSSR count). The van der Waals surface area contributed by atoms with E-state index in [1.54, 1.807) is 13.0 Å². The topological polar surface area (TPSA) is 76.1 Å². The number of hydrogen-bond donors (Lipinski definition) is 2. The second-order valence-corrected chi connectivity index (χ2v) is 5.87. The fourth-order valence-electron chi connectivity index (χ4n) is 2.59. The number of benzene rings is 1. The summed E-state index contributed by atoms with van der Waals surface area (Å²) in [6, 6.07) is 4.88. The van der Waals surface area contributed by atoms with Crippen molar-refractivity contribution in [1.82, 2.24) is 15.5 Å². The smallest absolute Gasteiger partial charge is 0.319 e. The number of halogens is 1. The molecule has 2 aromatic rings. The first-order valence-corrected chi connectivity index (χ1v) is 7.73. The second-order valence-electron chi connectivity index (χ2n) is 5.43. The second kappa shape index (κ2) is 6.42. The Kier molecular flexibility index (Phi) is 4.34. The van der Waals surface area contributed by atoms with E-state index in [0.717, 1.165) is 23.3 Å². The van der Waals surface area contributed by atoms with Crippen LogP contribution in [0.3, 0.4) is 0 Å². The van der Waals surface area contributed by atoms with Gasteiger partial charge in [-0.2, -0.15) is 10.2 Å². The van der Waals surface area contributed by atoms with Gasteiger partial charge in [-0.05, 0) is 37.6 Å². The zero-order valence-corrected chi connectivity index (χ0v) is 13.6. The summed E-state index contributed by atoms with van der Waals surface area (Å²) in [5, 5.41) is 14.0. The summed E-state index contributed by atoms with van der Waals surface area (Å²) < 4.78 is 5.68. The van der Waals surface area contributed by atoms with Crippen LogP contribution < -0.4 is 15.4 Å². The van der Waals surface area contributed by atoms with Gasteiger partial charge in [-0.1, -0.05) is 11.6 Å². The molecule has 1 aromatic carbocycles. The van der Waals surface area contributed by atoms with Crippen LogP contribution >= 0.6 is 11.6 Å². The van der Waals surface area contributed by atoms with E-state index in [4.69, 9.17) is 16.3 Å². The van der Waals surface area contributed by atoms with E-state index in [1.807, 2.05) is 19.1 Å². The molecule has 1 aliphatic heterocycles. The van der Waals surface area contributed by atoms with Crippen molar-refractivity contribution in [2.24, 2.45) is 0 Å². The van der Waals surface area contributed by atoms with Crippen molar-refractivity contribution in [3.05, 3.63) is 46.2 Å². The van der Waals surface area contributed by atoms with Crippen LogP contribution in [0.2, 0.25) is 5.02 Å². The highest BCUT2D eigenvalue weighted by molar-refractivity contribution is 6.30. The Morgan fingerprint density at radius 1 is 1.43 bits per heavy atom. The number of hydrogen-bond acceptors (Lipinski definition) is 4. The predicted octanol–water partition coefficient (Wildman–Crippen LogP) is 3.26. The van der Waals surface area contributed by atoms with Crippen molar-refractivity contribution in [2.75, 3.05) is 11.9 Å². The molecule has 0 radical (unpaired) electrons. The predicted molar refractivity (Wildman–Crippen MR) is 88.0 cm³/mol. The molecule has 2 N–H and O–H groups in total. The van der Waals surface area contributed by atoms with Gasteiger partial charge in [-0.15, -0.1) is 0 Å². The van der Waals surface area contributed by atoms with Crippen LogP contribution in [0, 0.1) is 6.92 Å². The minimum atomic E-state index is -0.319. The van der Waals surface area contributed by atoms with Gasteiger partial charge in [-0.3, -0.25) is 0 Å². The molecular weight excluding hydrogens is 316 g/mol. The monoisotopic (exact) mass is 332 g/mol. The normalized spacial score (nSPS) is 13.9. The standard InChI is InChI=1S/C16H17ClN4O2/c1-9(13-8-12(17)7-11-4-6-23-15(11)13)19-16(22)20-14-3-5-18-21-10(14)2/h3,5,7-9H,4,6H2,1-2H3,(H2,18,19,20,22)/t9-/m0/s1. The molecule has 0 unspecified atom stereocenters. The molecule has 0 saturated heterocycles. The van der Waals surface area contributed by atoms with Crippen LogP contribution in [0.15, 0.2) is 24.4 Å². The maximum Gasteiger partial charge on any atom is 0.319 e. The van der Waals surface area contributed by atoms with Gasteiger partial charge in [0.2, 0.25) is 0 Å². The van der Waals surface area contributed by atoms with Crippen LogP contribution in [0.25, 0.3) is 0 Å². The summed E-state index contributed by atoms with van der Waals surface area (Å²) in [6.45, 7) is 4.32. The Bertz CT molecular complexity index is 751. The SMILES string of the molecule is Cc1nnccc1NC(=O)N[C@@H](C)c1cc(Cl)cc2c1OCC2. The Hall–Kier alpha value is -2.34. The van der Waals surface area contributed by atoms with Crippen molar-refractivity contribution in [1.29, 1.82) is 0 Å². The number of anilines is 1. The van der Waals surface area contributed by atoms with E-state index < -0.39 is 0 Å². The third-order valence-corrected chi connectivity index (χ3v) is 3.96. The zero-order chi connectivity index (χ0) is 16.4. The molecule has 1 atom stereocenters. The Labute approximate surface area is 139 Å². The molecule has 0 spiro atoms. The summed E-state index contributed by atoms with van der Waals surface area (Å²) in [5.74, 6) is 0.823. The zero-order valence-electron chi connectivity index (χ0n) is 12.9. The van der Waals surface area contributed by atoms with Gasteiger partial charge in [0.15, 0.2) is 0 Å². The maximum atomic E-state index is 12.2. The van der Waals surface area contributed by atoms with Gasteiger partial charge in [0.25, 0.3) is 0 Å². The van der Waals surface area contributed by atoms with Gasteiger partial charge in [0, 0.05) is 17.0 Å². The van der Waals surface area contributed by atoms with Crippen LogP contribution in [0.4, 0.5) is 10.5 Å². The Balaban J connectivity index is 1.74. The number of nitrogens with one attached hydrogen (secondary N) is 2. The fraction of sp³-hybridized carbons (Fsp3) is 0.312. The molecule has 0 bridgehead atoms. The molecule has 0 aliphatic carbocycles. The number of urea groups is 1. The lowest BCUT2D eigenvalue weighted by atomic mass is 10.0. The summed E-state index contributed by atoms with van der Waals surface area (Å²) >= 11 is 6.16. The van der Waals surface area contributed by atoms with Crippen molar-refractivity contribution in [3.63, 3.8) is 0 Å². The number of aryl methyl sites for hydroxylation is 1. The quantitative estimate of drug-likeness (QED) is 0.904.